The van der Waals surface area contributed by atoms with Crippen LogP contribution in [0.15, 0.2) is 82.2 Å². The zero-order valence-corrected chi connectivity index (χ0v) is 24.8. The van der Waals surface area contributed by atoms with E-state index in [0.717, 1.165) is 15.2 Å². The lowest BCUT2D eigenvalue weighted by atomic mass is 10.1. The molecule has 11 heteroatoms. The fraction of sp³-hybridized carbons (Fsp3) is 0.259. The van der Waals surface area contributed by atoms with Crippen LogP contribution in [0, 0.1) is 0 Å². The molecular weight excluding hydrogens is 613 g/mol. The molecule has 3 rings (SSSR count). The Hall–Kier alpha value is -2.59. The molecule has 0 heterocycles. The van der Waals surface area contributed by atoms with Crippen LogP contribution in [-0.4, -0.2) is 44.3 Å². The molecule has 1 atom stereocenters. The van der Waals surface area contributed by atoms with E-state index in [-0.39, 0.29) is 17.3 Å². The van der Waals surface area contributed by atoms with E-state index in [1.54, 1.807) is 67.6 Å². The molecule has 38 heavy (non-hydrogen) atoms. The number of amides is 2. The topological polar surface area (TPSA) is 86.8 Å². The molecule has 0 aromatic heterocycles. The zero-order valence-electron chi connectivity index (χ0n) is 20.9. The van der Waals surface area contributed by atoms with E-state index in [0.29, 0.717) is 27.8 Å². The maximum Gasteiger partial charge on any atom is 0.264 e. The van der Waals surface area contributed by atoms with Crippen molar-refractivity contribution in [3.8, 4) is 0 Å². The van der Waals surface area contributed by atoms with Crippen LogP contribution in [0.1, 0.15) is 25.8 Å². The summed E-state index contributed by atoms with van der Waals surface area (Å²) in [6, 6.07) is 18.6. The molecule has 0 aliphatic rings. The summed E-state index contributed by atoms with van der Waals surface area (Å²) in [4.78, 5) is 28.1. The third-order valence-electron chi connectivity index (χ3n) is 5.78. The molecule has 0 unspecified atom stereocenters. The van der Waals surface area contributed by atoms with Gasteiger partial charge in [0.05, 0.1) is 20.6 Å². The number of rotatable bonds is 11. The Kier molecular flexibility index (Phi) is 10.6. The first kappa shape index (κ1) is 30.0. The van der Waals surface area contributed by atoms with Gasteiger partial charge in [0.25, 0.3) is 10.0 Å². The average Bonchev–Trinajstić information content (AvgIpc) is 2.91. The second-order valence-corrected chi connectivity index (χ2v) is 12.1. The van der Waals surface area contributed by atoms with Crippen molar-refractivity contribution in [3.05, 3.63) is 92.9 Å². The predicted octanol–water partition coefficient (Wildman–Crippen LogP) is 5.89. The second-order valence-electron chi connectivity index (χ2n) is 8.54. The van der Waals surface area contributed by atoms with Gasteiger partial charge in [-0.2, -0.15) is 0 Å². The summed E-state index contributed by atoms with van der Waals surface area (Å²) in [5.41, 5.74) is 0.951. The molecule has 3 aromatic rings. The van der Waals surface area contributed by atoms with Crippen molar-refractivity contribution in [2.24, 2.45) is 0 Å². The third-order valence-corrected chi connectivity index (χ3v) is 8.83. The Morgan fingerprint density at radius 3 is 2.24 bits per heavy atom. The second kappa shape index (κ2) is 13.5. The Labute approximate surface area is 241 Å². The highest BCUT2D eigenvalue weighted by Crippen LogP contribution is 2.27. The molecule has 0 saturated carbocycles. The third kappa shape index (κ3) is 7.50. The summed E-state index contributed by atoms with van der Waals surface area (Å²) in [6.45, 7) is 3.48. The van der Waals surface area contributed by atoms with Gasteiger partial charge in [-0.3, -0.25) is 13.9 Å². The van der Waals surface area contributed by atoms with Gasteiger partial charge in [0.2, 0.25) is 11.8 Å². The van der Waals surface area contributed by atoms with Gasteiger partial charge in [-0.1, -0.05) is 70.3 Å². The van der Waals surface area contributed by atoms with Crippen molar-refractivity contribution in [2.75, 3.05) is 17.4 Å². The van der Waals surface area contributed by atoms with Gasteiger partial charge in [-0.15, -0.1) is 0 Å². The SMILES string of the molecule is CCCNC(=O)[C@@H](C)N(Cc1ccc(Cl)c(Cl)c1)C(=O)CN(c1ccc(Br)cc1)S(=O)(=O)c1ccccc1. The lowest BCUT2D eigenvalue weighted by Gasteiger charge is -2.32. The smallest absolute Gasteiger partial charge is 0.264 e. The number of nitrogens with zero attached hydrogens (tertiary/aromatic N) is 2. The highest BCUT2D eigenvalue weighted by molar-refractivity contribution is 9.10. The number of sulfonamides is 1. The molecule has 7 nitrogen and oxygen atoms in total. The van der Waals surface area contributed by atoms with E-state index in [1.165, 1.54) is 17.0 Å². The Balaban J connectivity index is 2.01. The van der Waals surface area contributed by atoms with Crippen LogP contribution in [0.5, 0.6) is 0 Å². The van der Waals surface area contributed by atoms with E-state index < -0.39 is 28.5 Å². The average molecular weight is 641 g/mol. The van der Waals surface area contributed by atoms with Gasteiger partial charge in [-0.05, 0) is 67.4 Å². The van der Waals surface area contributed by atoms with Crippen molar-refractivity contribution >= 4 is 66.7 Å². The molecule has 0 saturated heterocycles. The number of carbonyl (C=O) groups excluding carboxylic acids is 2. The molecule has 3 aromatic carbocycles. The van der Waals surface area contributed by atoms with Crippen LogP contribution in [0.4, 0.5) is 5.69 Å². The standard InChI is InChI=1S/C27H28BrCl2N3O4S/c1-3-15-31-27(35)19(2)32(17-20-9-14-24(29)25(30)16-20)26(34)18-33(22-12-10-21(28)11-13-22)38(36,37)23-7-5-4-6-8-23/h4-14,16,19H,3,15,17-18H2,1-2H3,(H,31,35)/t19-/m1/s1. The largest absolute Gasteiger partial charge is 0.354 e. The molecule has 0 fully saturated rings. The lowest BCUT2D eigenvalue weighted by molar-refractivity contribution is -0.139. The molecule has 1 N–H and O–H groups in total. The monoisotopic (exact) mass is 639 g/mol. The fourth-order valence-corrected chi connectivity index (χ4v) is 5.69. The zero-order chi connectivity index (χ0) is 27.9. The van der Waals surface area contributed by atoms with Crippen molar-refractivity contribution in [3.63, 3.8) is 0 Å². The predicted molar refractivity (Wildman–Crippen MR) is 155 cm³/mol. The summed E-state index contributed by atoms with van der Waals surface area (Å²) in [7, 11) is -4.11. The molecule has 0 bridgehead atoms. The van der Waals surface area contributed by atoms with E-state index >= 15 is 0 Å². The van der Waals surface area contributed by atoms with E-state index in [9.17, 15) is 18.0 Å². The van der Waals surface area contributed by atoms with E-state index in [1.807, 2.05) is 6.92 Å². The number of anilines is 1. The molecule has 0 radical (unpaired) electrons. The van der Waals surface area contributed by atoms with E-state index in [2.05, 4.69) is 21.2 Å². The summed E-state index contributed by atoms with van der Waals surface area (Å²) < 4.78 is 29.2. The van der Waals surface area contributed by atoms with Crippen LogP contribution in [0.2, 0.25) is 10.0 Å². The van der Waals surface area contributed by atoms with Crippen molar-refractivity contribution < 1.29 is 18.0 Å². The number of hydrogen-bond acceptors (Lipinski definition) is 4. The van der Waals surface area contributed by atoms with Gasteiger partial charge >= 0.3 is 0 Å². The number of hydrogen-bond donors (Lipinski definition) is 1. The number of halogens is 3. The van der Waals surface area contributed by atoms with Crippen LogP contribution in [0.25, 0.3) is 0 Å². The van der Waals surface area contributed by atoms with Crippen LogP contribution in [0.3, 0.4) is 0 Å². The highest BCUT2D eigenvalue weighted by Gasteiger charge is 2.32. The van der Waals surface area contributed by atoms with Crippen molar-refractivity contribution in [1.29, 1.82) is 0 Å². The highest BCUT2D eigenvalue weighted by atomic mass is 79.9. The first-order chi connectivity index (χ1) is 18.0. The minimum Gasteiger partial charge on any atom is -0.354 e. The maximum atomic E-state index is 13.8. The van der Waals surface area contributed by atoms with Crippen molar-refractivity contribution in [1.82, 2.24) is 10.2 Å². The first-order valence-corrected chi connectivity index (χ1v) is 14.9. The van der Waals surface area contributed by atoms with Gasteiger partial charge in [0.1, 0.15) is 12.6 Å². The first-order valence-electron chi connectivity index (χ1n) is 11.9. The summed E-state index contributed by atoms with van der Waals surface area (Å²) in [5.74, 6) is -0.904. The Bertz CT molecular complexity index is 1370. The Morgan fingerprint density at radius 1 is 0.974 bits per heavy atom. The van der Waals surface area contributed by atoms with Crippen LogP contribution < -0.4 is 9.62 Å². The van der Waals surface area contributed by atoms with Crippen molar-refractivity contribution in [2.45, 2.75) is 37.8 Å². The molecule has 0 aliphatic heterocycles. The van der Waals surface area contributed by atoms with Gasteiger partial charge in [-0.25, -0.2) is 8.42 Å². The lowest BCUT2D eigenvalue weighted by Crippen LogP contribution is -2.51. The summed E-state index contributed by atoms with van der Waals surface area (Å²) in [5, 5.41) is 3.47. The van der Waals surface area contributed by atoms with Gasteiger partial charge < -0.3 is 10.2 Å². The summed E-state index contributed by atoms with van der Waals surface area (Å²) >= 11 is 15.6. The maximum absolute atomic E-state index is 13.8. The number of carbonyl (C=O) groups is 2. The van der Waals surface area contributed by atoms with E-state index in [4.69, 9.17) is 23.2 Å². The molecule has 0 spiro atoms. The number of nitrogens with one attached hydrogen (secondary N) is 1. The van der Waals surface area contributed by atoms with Crippen LogP contribution in [-0.2, 0) is 26.2 Å². The fourth-order valence-electron chi connectivity index (χ4n) is 3.67. The minimum absolute atomic E-state index is 0.0238. The Morgan fingerprint density at radius 2 is 1.63 bits per heavy atom. The summed E-state index contributed by atoms with van der Waals surface area (Å²) in [6.07, 6.45) is 0.728. The molecule has 2 amide bonds. The van der Waals surface area contributed by atoms with Gasteiger partial charge in [0, 0.05) is 17.6 Å². The quantitative estimate of drug-likeness (QED) is 0.283. The normalized spacial score (nSPS) is 12.0. The molecule has 202 valence electrons. The number of benzene rings is 3. The molecular formula is C27H28BrCl2N3O4S. The molecule has 0 aliphatic carbocycles. The minimum atomic E-state index is -4.11. The van der Waals surface area contributed by atoms with Gasteiger partial charge in [0.15, 0.2) is 0 Å². The van der Waals surface area contributed by atoms with Crippen LogP contribution >= 0.6 is 39.1 Å².